The molecule has 3 aromatic carbocycles. The number of hydrogen-bond acceptors (Lipinski definition) is 3. The van der Waals surface area contributed by atoms with E-state index in [1.54, 1.807) is 7.11 Å². The largest absolute Gasteiger partial charge is 0.497 e. The van der Waals surface area contributed by atoms with E-state index in [1.807, 2.05) is 79.3 Å². The number of aryl methyl sites for hydroxylation is 1. The van der Waals surface area contributed by atoms with Gasteiger partial charge in [0.05, 0.1) is 24.9 Å². The van der Waals surface area contributed by atoms with Gasteiger partial charge in [0.1, 0.15) is 5.75 Å². The molecule has 0 radical (unpaired) electrons. The summed E-state index contributed by atoms with van der Waals surface area (Å²) in [4.78, 5) is 16.5. The normalized spacial score (nSPS) is 12.0. The number of methoxy groups -OCH3 is 1. The Balaban J connectivity index is 1.38. The summed E-state index contributed by atoms with van der Waals surface area (Å²) in [7, 11) is 1.66. The number of amides is 1. The highest BCUT2D eigenvalue weighted by molar-refractivity contribution is 5.84. The van der Waals surface area contributed by atoms with Gasteiger partial charge in [-0.25, -0.2) is 4.68 Å². The molecule has 5 aromatic rings. The molecule has 0 saturated heterocycles. The van der Waals surface area contributed by atoms with Crippen LogP contribution in [0.25, 0.3) is 16.6 Å². The first-order valence-electron chi connectivity index (χ1n) is 12.1. The van der Waals surface area contributed by atoms with Gasteiger partial charge >= 0.3 is 0 Å². The van der Waals surface area contributed by atoms with E-state index in [-0.39, 0.29) is 18.2 Å². The monoisotopic (exact) mass is 478 g/mol. The fourth-order valence-electron chi connectivity index (χ4n) is 4.82. The number of H-pyrrole nitrogens is 1. The summed E-state index contributed by atoms with van der Waals surface area (Å²) < 4.78 is 7.25. The zero-order valence-corrected chi connectivity index (χ0v) is 20.8. The van der Waals surface area contributed by atoms with Crippen molar-refractivity contribution in [3.8, 4) is 11.4 Å². The van der Waals surface area contributed by atoms with Crippen LogP contribution in [0.4, 0.5) is 0 Å². The Kier molecular flexibility index (Phi) is 6.58. The highest BCUT2D eigenvalue weighted by Gasteiger charge is 2.21. The van der Waals surface area contributed by atoms with Gasteiger partial charge in [0.2, 0.25) is 5.91 Å². The molecule has 0 aliphatic carbocycles. The predicted octanol–water partition coefficient (Wildman–Crippen LogP) is 5.47. The highest BCUT2D eigenvalue weighted by atomic mass is 16.5. The number of benzene rings is 3. The van der Waals surface area contributed by atoms with E-state index >= 15 is 0 Å². The molecule has 2 heterocycles. The first-order valence-corrected chi connectivity index (χ1v) is 12.1. The van der Waals surface area contributed by atoms with Crippen molar-refractivity contribution in [3.05, 3.63) is 113 Å². The van der Waals surface area contributed by atoms with Crippen molar-refractivity contribution in [2.75, 3.05) is 13.7 Å². The molecule has 0 spiro atoms. The van der Waals surface area contributed by atoms with Gasteiger partial charge in [0.25, 0.3) is 0 Å². The summed E-state index contributed by atoms with van der Waals surface area (Å²) in [5, 5.41) is 9.04. The van der Waals surface area contributed by atoms with Crippen LogP contribution in [0.1, 0.15) is 34.0 Å². The van der Waals surface area contributed by atoms with Crippen LogP contribution >= 0.6 is 0 Å². The zero-order chi connectivity index (χ0) is 25.1. The third-order valence-corrected chi connectivity index (χ3v) is 6.80. The summed E-state index contributed by atoms with van der Waals surface area (Å²) in [6.45, 7) is 4.46. The van der Waals surface area contributed by atoms with Gasteiger partial charge in [-0.05, 0) is 55.3 Å². The predicted molar refractivity (Wildman–Crippen MR) is 143 cm³/mol. The average molecular weight is 479 g/mol. The maximum absolute atomic E-state index is 13.2. The summed E-state index contributed by atoms with van der Waals surface area (Å²) >= 11 is 0. The number of nitrogens with zero attached hydrogens (tertiary/aromatic N) is 2. The van der Waals surface area contributed by atoms with Gasteiger partial charge < -0.3 is 15.0 Å². The van der Waals surface area contributed by atoms with Crippen LogP contribution < -0.4 is 10.1 Å². The number of nitrogens with one attached hydrogen (secondary N) is 2. The standard InChI is InChI=1S/C30H30N4O2/c1-20-26(21(2)34(33-20)23-9-5-4-6-10-23)17-30(35)32-18-27(22-13-15-24(36-3)16-14-22)28-19-31-29-12-8-7-11-25(28)29/h4-16,19,27,31H,17-18H2,1-3H3,(H,32,35). The lowest BCUT2D eigenvalue weighted by Gasteiger charge is -2.19. The Morgan fingerprint density at radius 2 is 1.72 bits per heavy atom. The molecule has 36 heavy (non-hydrogen) atoms. The molecule has 1 unspecified atom stereocenters. The van der Waals surface area contributed by atoms with Crippen LogP contribution in [0.2, 0.25) is 0 Å². The minimum atomic E-state index is -0.0211. The van der Waals surface area contributed by atoms with Gasteiger partial charge in [-0.3, -0.25) is 4.79 Å². The maximum Gasteiger partial charge on any atom is 0.224 e. The number of fused-ring (bicyclic) bond motifs is 1. The molecule has 1 amide bonds. The first kappa shape index (κ1) is 23.4. The van der Waals surface area contributed by atoms with Crippen LogP contribution in [0.15, 0.2) is 85.1 Å². The molecular weight excluding hydrogens is 448 g/mol. The van der Waals surface area contributed by atoms with E-state index in [0.29, 0.717) is 6.54 Å². The molecule has 0 aliphatic rings. The molecule has 182 valence electrons. The second kappa shape index (κ2) is 10.1. The Labute approximate surface area is 210 Å². The van der Waals surface area contributed by atoms with Crippen LogP contribution in [0, 0.1) is 13.8 Å². The second-order valence-electron chi connectivity index (χ2n) is 8.99. The Bertz CT molecular complexity index is 1480. The van der Waals surface area contributed by atoms with E-state index in [0.717, 1.165) is 50.4 Å². The molecule has 2 aromatic heterocycles. The fraction of sp³-hybridized carbons (Fsp3) is 0.200. The Morgan fingerprint density at radius 1 is 1.00 bits per heavy atom. The quantitative estimate of drug-likeness (QED) is 0.311. The molecule has 0 aliphatic heterocycles. The third kappa shape index (κ3) is 4.62. The maximum atomic E-state index is 13.2. The number of carbonyl (C=O) groups excluding carboxylic acids is 1. The van der Waals surface area contributed by atoms with Crippen molar-refractivity contribution in [2.24, 2.45) is 0 Å². The third-order valence-electron chi connectivity index (χ3n) is 6.80. The molecule has 0 saturated carbocycles. The van der Waals surface area contributed by atoms with Gasteiger partial charge in [0.15, 0.2) is 0 Å². The Hall–Kier alpha value is -4.32. The summed E-state index contributed by atoms with van der Waals surface area (Å²) in [6.07, 6.45) is 2.33. The van der Waals surface area contributed by atoms with E-state index in [9.17, 15) is 4.79 Å². The molecular formula is C30H30N4O2. The molecule has 0 fully saturated rings. The van der Waals surface area contributed by atoms with Crippen LogP contribution in [0.3, 0.4) is 0 Å². The van der Waals surface area contributed by atoms with Crippen molar-refractivity contribution in [1.29, 1.82) is 0 Å². The van der Waals surface area contributed by atoms with Crippen molar-refractivity contribution >= 4 is 16.8 Å². The van der Waals surface area contributed by atoms with Gasteiger partial charge in [-0.2, -0.15) is 5.10 Å². The number of carbonyl (C=O) groups is 1. The van der Waals surface area contributed by atoms with E-state index in [1.165, 1.54) is 0 Å². The number of aromatic nitrogens is 3. The SMILES string of the molecule is COc1ccc(C(CNC(=O)Cc2c(C)nn(-c3ccccc3)c2C)c2c[nH]c3ccccc23)cc1. The minimum Gasteiger partial charge on any atom is -0.497 e. The topological polar surface area (TPSA) is 71.9 Å². The fourth-order valence-corrected chi connectivity index (χ4v) is 4.82. The smallest absolute Gasteiger partial charge is 0.224 e. The lowest BCUT2D eigenvalue weighted by atomic mass is 9.90. The van der Waals surface area contributed by atoms with Crippen LogP contribution in [0.5, 0.6) is 5.75 Å². The zero-order valence-electron chi connectivity index (χ0n) is 20.8. The lowest BCUT2D eigenvalue weighted by Crippen LogP contribution is -2.30. The number of hydrogen-bond donors (Lipinski definition) is 2. The second-order valence-corrected chi connectivity index (χ2v) is 8.99. The summed E-state index contributed by atoms with van der Waals surface area (Å²) in [5.74, 6) is 0.777. The van der Waals surface area contributed by atoms with E-state index < -0.39 is 0 Å². The molecule has 6 heteroatoms. The van der Waals surface area contributed by atoms with Crippen LogP contribution in [-0.4, -0.2) is 34.3 Å². The molecule has 1 atom stereocenters. The lowest BCUT2D eigenvalue weighted by molar-refractivity contribution is -0.120. The van der Waals surface area contributed by atoms with Gasteiger partial charge in [-0.1, -0.05) is 48.5 Å². The van der Waals surface area contributed by atoms with Crippen molar-refractivity contribution in [2.45, 2.75) is 26.2 Å². The Morgan fingerprint density at radius 3 is 2.47 bits per heavy atom. The number of aromatic amines is 1. The number of ether oxygens (including phenoxy) is 1. The van der Waals surface area contributed by atoms with Gasteiger partial charge in [-0.15, -0.1) is 0 Å². The number of rotatable bonds is 8. The van der Waals surface area contributed by atoms with E-state index in [2.05, 4.69) is 39.7 Å². The molecule has 5 rings (SSSR count). The van der Waals surface area contributed by atoms with Crippen LogP contribution in [-0.2, 0) is 11.2 Å². The first-order chi connectivity index (χ1) is 17.5. The van der Waals surface area contributed by atoms with Crippen molar-refractivity contribution < 1.29 is 9.53 Å². The van der Waals surface area contributed by atoms with Gasteiger partial charge in [0, 0.05) is 40.8 Å². The van der Waals surface area contributed by atoms with E-state index in [4.69, 9.17) is 4.74 Å². The van der Waals surface area contributed by atoms with Crippen molar-refractivity contribution in [1.82, 2.24) is 20.1 Å². The molecule has 6 nitrogen and oxygen atoms in total. The summed E-state index contributed by atoms with van der Waals surface area (Å²) in [6, 6.07) is 26.3. The minimum absolute atomic E-state index is 0.00904. The highest BCUT2D eigenvalue weighted by Crippen LogP contribution is 2.31. The molecule has 2 N–H and O–H groups in total. The summed E-state index contributed by atoms with van der Waals surface area (Å²) in [5.41, 5.74) is 7.16. The number of para-hydroxylation sites is 2. The molecule has 0 bridgehead atoms. The van der Waals surface area contributed by atoms with Crippen molar-refractivity contribution in [3.63, 3.8) is 0 Å². The average Bonchev–Trinajstić information content (AvgIpc) is 3.46.